The molecule has 0 saturated carbocycles. The summed E-state index contributed by atoms with van der Waals surface area (Å²) in [7, 11) is 0. The fraction of sp³-hybridized carbons (Fsp3) is 0.250. The van der Waals surface area contributed by atoms with Crippen LogP contribution >= 0.6 is 0 Å². The van der Waals surface area contributed by atoms with Crippen molar-refractivity contribution in [2.45, 2.75) is 40.2 Å². The predicted octanol–water partition coefficient (Wildman–Crippen LogP) is 5.44. The number of nitrogens with zero attached hydrogens (tertiary/aromatic N) is 1. The molecule has 3 rings (SSSR count). The molecule has 0 unspecified atom stereocenters. The molecule has 28 heavy (non-hydrogen) atoms. The molecule has 0 amide bonds. The number of pyridine rings is 1. The van der Waals surface area contributed by atoms with Gasteiger partial charge < -0.3 is 9.84 Å². The third kappa shape index (κ3) is 4.58. The zero-order valence-corrected chi connectivity index (χ0v) is 16.7. The highest BCUT2D eigenvalue weighted by Gasteiger charge is 2.12. The van der Waals surface area contributed by atoms with Crippen LogP contribution in [0.4, 0.5) is 0 Å². The molecule has 1 heterocycles. The van der Waals surface area contributed by atoms with Gasteiger partial charge in [-0.2, -0.15) is 0 Å². The van der Waals surface area contributed by atoms with Gasteiger partial charge in [0.2, 0.25) is 0 Å². The molecule has 0 saturated heterocycles. The first-order valence-electron chi connectivity index (χ1n) is 9.39. The van der Waals surface area contributed by atoms with Crippen LogP contribution in [0.25, 0.3) is 11.3 Å². The number of hydrogen-bond donors (Lipinski definition) is 1. The minimum atomic E-state index is -0.901. The van der Waals surface area contributed by atoms with Gasteiger partial charge in [-0.25, -0.2) is 4.79 Å². The third-order valence-electron chi connectivity index (χ3n) is 4.50. The van der Waals surface area contributed by atoms with Crippen LogP contribution in [0.2, 0.25) is 0 Å². The molecule has 1 N–H and O–H groups in total. The van der Waals surface area contributed by atoms with Gasteiger partial charge in [0.15, 0.2) is 0 Å². The number of carboxylic acid groups (broad SMARTS) is 1. The van der Waals surface area contributed by atoms with E-state index >= 15 is 0 Å². The average Bonchev–Trinajstić information content (AvgIpc) is 2.63. The molecule has 4 heteroatoms. The zero-order valence-electron chi connectivity index (χ0n) is 16.7. The SMILES string of the molecule is Cc1ccc(Cc2cnc(-c3cccc(OC(C)C)c3)c(C)c2)c(C(=O)O)c1. The Labute approximate surface area is 165 Å². The van der Waals surface area contributed by atoms with Crippen LogP contribution in [-0.4, -0.2) is 22.2 Å². The number of aryl methyl sites for hydroxylation is 2. The first kappa shape index (κ1) is 19.6. The first-order chi connectivity index (χ1) is 13.3. The summed E-state index contributed by atoms with van der Waals surface area (Å²) in [6.07, 6.45) is 2.47. The van der Waals surface area contributed by atoms with E-state index < -0.39 is 5.97 Å². The van der Waals surface area contributed by atoms with Gasteiger partial charge in [0, 0.05) is 11.8 Å². The Morgan fingerprint density at radius 2 is 1.89 bits per heavy atom. The van der Waals surface area contributed by atoms with E-state index in [1.54, 1.807) is 6.07 Å². The largest absolute Gasteiger partial charge is 0.491 e. The molecule has 0 fully saturated rings. The molecule has 0 aliphatic heterocycles. The number of ether oxygens (including phenoxy) is 1. The van der Waals surface area contributed by atoms with Crippen LogP contribution in [-0.2, 0) is 6.42 Å². The molecular formula is C24H25NO3. The van der Waals surface area contributed by atoms with E-state index in [2.05, 4.69) is 11.1 Å². The zero-order chi connectivity index (χ0) is 20.3. The minimum Gasteiger partial charge on any atom is -0.491 e. The highest BCUT2D eigenvalue weighted by Crippen LogP contribution is 2.27. The van der Waals surface area contributed by atoms with Crippen LogP contribution in [0.15, 0.2) is 54.7 Å². The molecule has 4 nitrogen and oxygen atoms in total. The summed E-state index contributed by atoms with van der Waals surface area (Å²) in [5.74, 6) is -0.0782. The van der Waals surface area contributed by atoms with Crippen molar-refractivity contribution in [3.63, 3.8) is 0 Å². The number of benzene rings is 2. The lowest BCUT2D eigenvalue weighted by Crippen LogP contribution is -2.05. The van der Waals surface area contributed by atoms with Gasteiger partial charge in [0.1, 0.15) is 5.75 Å². The molecule has 0 aliphatic carbocycles. The number of carbonyl (C=O) groups is 1. The molecule has 0 aliphatic rings. The van der Waals surface area contributed by atoms with Gasteiger partial charge in [-0.3, -0.25) is 4.98 Å². The minimum absolute atomic E-state index is 0.115. The van der Waals surface area contributed by atoms with Crippen LogP contribution < -0.4 is 4.74 Å². The van der Waals surface area contributed by atoms with Gasteiger partial charge in [-0.05, 0) is 69.0 Å². The van der Waals surface area contributed by atoms with Gasteiger partial charge in [-0.1, -0.05) is 35.9 Å². The van der Waals surface area contributed by atoms with Gasteiger partial charge in [-0.15, -0.1) is 0 Å². The number of aromatic nitrogens is 1. The van der Waals surface area contributed by atoms with E-state index in [-0.39, 0.29) is 6.10 Å². The molecule has 0 radical (unpaired) electrons. The number of hydrogen-bond acceptors (Lipinski definition) is 3. The van der Waals surface area contributed by atoms with Crippen LogP contribution in [0.3, 0.4) is 0 Å². The summed E-state index contributed by atoms with van der Waals surface area (Å²) < 4.78 is 5.78. The molecule has 1 aromatic heterocycles. The second-order valence-electron chi connectivity index (χ2n) is 7.35. The van der Waals surface area contributed by atoms with Gasteiger partial charge in [0.25, 0.3) is 0 Å². The molecule has 3 aromatic rings. The summed E-state index contributed by atoms with van der Waals surface area (Å²) in [4.78, 5) is 16.2. The monoisotopic (exact) mass is 375 g/mol. The van der Waals surface area contributed by atoms with Crippen molar-refractivity contribution in [1.29, 1.82) is 0 Å². The highest BCUT2D eigenvalue weighted by atomic mass is 16.5. The summed E-state index contributed by atoms with van der Waals surface area (Å²) in [5, 5.41) is 9.48. The van der Waals surface area contributed by atoms with Gasteiger partial charge in [0.05, 0.1) is 17.4 Å². The number of rotatable bonds is 6. The van der Waals surface area contributed by atoms with Crippen molar-refractivity contribution in [2.24, 2.45) is 0 Å². The summed E-state index contributed by atoms with van der Waals surface area (Å²) in [5.41, 5.74) is 6.02. The maximum Gasteiger partial charge on any atom is 0.335 e. The number of carboxylic acids is 1. The fourth-order valence-electron chi connectivity index (χ4n) is 3.28. The molecular weight excluding hydrogens is 350 g/mol. The second-order valence-corrected chi connectivity index (χ2v) is 7.35. The molecule has 0 atom stereocenters. The Morgan fingerprint density at radius 1 is 1.11 bits per heavy atom. The fourth-order valence-corrected chi connectivity index (χ4v) is 3.28. The van der Waals surface area contributed by atoms with Crippen molar-refractivity contribution in [3.05, 3.63) is 82.5 Å². The third-order valence-corrected chi connectivity index (χ3v) is 4.50. The Morgan fingerprint density at radius 3 is 2.57 bits per heavy atom. The Bertz CT molecular complexity index is 1010. The highest BCUT2D eigenvalue weighted by molar-refractivity contribution is 5.89. The van der Waals surface area contributed by atoms with Crippen LogP contribution in [0.1, 0.15) is 46.5 Å². The van der Waals surface area contributed by atoms with E-state index in [1.165, 1.54) is 0 Å². The predicted molar refractivity (Wildman–Crippen MR) is 111 cm³/mol. The Hall–Kier alpha value is -3.14. The van der Waals surface area contributed by atoms with Crippen molar-refractivity contribution in [3.8, 4) is 17.0 Å². The Balaban J connectivity index is 1.89. The van der Waals surface area contributed by atoms with Gasteiger partial charge >= 0.3 is 5.97 Å². The summed E-state index contributed by atoms with van der Waals surface area (Å²) in [6.45, 7) is 7.92. The summed E-state index contributed by atoms with van der Waals surface area (Å²) in [6, 6.07) is 15.5. The molecule has 144 valence electrons. The quantitative estimate of drug-likeness (QED) is 0.623. The average molecular weight is 375 g/mol. The summed E-state index contributed by atoms with van der Waals surface area (Å²) >= 11 is 0. The lowest BCUT2D eigenvalue weighted by atomic mass is 9.97. The van der Waals surface area contributed by atoms with Crippen molar-refractivity contribution >= 4 is 5.97 Å². The van der Waals surface area contributed by atoms with Crippen LogP contribution in [0.5, 0.6) is 5.75 Å². The van der Waals surface area contributed by atoms with Crippen molar-refractivity contribution in [2.75, 3.05) is 0 Å². The molecule has 2 aromatic carbocycles. The maximum absolute atomic E-state index is 11.6. The molecule has 0 bridgehead atoms. The van der Waals surface area contributed by atoms with Crippen molar-refractivity contribution < 1.29 is 14.6 Å². The van der Waals surface area contributed by atoms with E-state index in [0.717, 1.165) is 39.3 Å². The van der Waals surface area contributed by atoms with E-state index in [4.69, 9.17) is 4.74 Å². The maximum atomic E-state index is 11.6. The first-order valence-corrected chi connectivity index (χ1v) is 9.39. The van der Waals surface area contributed by atoms with E-state index in [9.17, 15) is 9.90 Å². The topological polar surface area (TPSA) is 59.4 Å². The second kappa shape index (κ2) is 8.26. The van der Waals surface area contributed by atoms with Crippen LogP contribution in [0, 0.1) is 13.8 Å². The van der Waals surface area contributed by atoms with E-state index in [0.29, 0.717) is 12.0 Å². The lowest BCUT2D eigenvalue weighted by molar-refractivity contribution is 0.0695. The normalized spacial score (nSPS) is 10.9. The van der Waals surface area contributed by atoms with E-state index in [1.807, 2.05) is 70.3 Å². The lowest BCUT2D eigenvalue weighted by Gasteiger charge is -2.13. The standard InChI is InChI=1S/C24H25NO3/c1-15(2)28-21-7-5-6-20(13-21)23-17(4)11-18(14-25-23)12-19-9-8-16(3)10-22(19)24(26)27/h5-11,13-15H,12H2,1-4H3,(H,26,27). The molecule has 0 spiro atoms. The number of aromatic carboxylic acids is 1. The smallest absolute Gasteiger partial charge is 0.335 e. The van der Waals surface area contributed by atoms with Crippen molar-refractivity contribution in [1.82, 2.24) is 4.98 Å². The Kier molecular flexibility index (Phi) is 5.78.